The number of carbonyl (C=O) groups excluding carboxylic acids is 1. The van der Waals surface area contributed by atoms with E-state index in [1.54, 1.807) is 30.5 Å². The fourth-order valence-electron chi connectivity index (χ4n) is 3.41. The van der Waals surface area contributed by atoms with Gasteiger partial charge in [0, 0.05) is 29.5 Å². The SMILES string of the molecule is O=C(Nc1cnn(Cc2ccccc2F)c1)c1cc(-c2cccc([N+](=O)[O-])c2)nc2ncnn12. The van der Waals surface area contributed by atoms with Gasteiger partial charge in [-0.25, -0.2) is 9.37 Å². The maximum Gasteiger partial charge on any atom is 0.274 e. The Morgan fingerprint density at radius 2 is 1.97 bits per heavy atom. The maximum atomic E-state index is 13.9. The maximum absolute atomic E-state index is 13.9. The van der Waals surface area contributed by atoms with Gasteiger partial charge in [0.15, 0.2) is 0 Å². The minimum Gasteiger partial charge on any atom is -0.318 e. The largest absolute Gasteiger partial charge is 0.318 e. The van der Waals surface area contributed by atoms with Gasteiger partial charge in [-0.05, 0) is 12.1 Å². The van der Waals surface area contributed by atoms with E-state index in [2.05, 4.69) is 25.5 Å². The number of non-ortho nitro benzene ring substituents is 1. The summed E-state index contributed by atoms with van der Waals surface area (Å²) in [7, 11) is 0. The molecule has 0 bridgehead atoms. The first-order chi connectivity index (χ1) is 16.5. The standard InChI is InChI=1S/C22H15FN8O3/c23-18-7-2-1-4-15(18)11-29-12-16(10-25-29)27-21(32)20-9-19(28-22-24-13-26-30(20)22)14-5-3-6-17(8-14)31(33)34/h1-10,12-13H,11H2,(H,27,32). The van der Waals surface area contributed by atoms with Gasteiger partial charge in [0.25, 0.3) is 17.4 Å². The van der Waals surface area contributed by atoms with Crippen LogP contribution in [0.4, 0.5) is 15.8 Å². The zero-order valence-corrected chi connectivity index (χ0v) is 17.4. The number of hydrogen-bond donors (Lipinski definition) is 1. The van der Waals surface area contributed by atoms with Crippen LogP contribution in [0.2, 0.25) is 0 Å². The Morgan fingerprint density at radius 3 is 2.79 bits per heavy atom. The Hall–Kier alpha value is -5.00. The molecular formula is C22H15FN8O3. The molecule has 3 heterocycles. The second-order valence-corrected chi connectivity index (χ2v) is 7.28. The molecule has 0 atom stereocenters. The van der Waals surface area contributed by atoms with E-state index in [4.69, 9.17) is 0 Å². The Balaban J connectivity index is 1.43. The summed E-state index contributed by atoms with van der Waals surface area (Å²) in [5.74, 6) is -0.706. The zero-order valence-electron chi connectivity index (χ0n) is 17.4. The molecule has 2 aromatic carbocycles. The summed E-state index contributed by atoms with van der Waals surface area (Å²) in [5, 5.41) is 22.1. The van der Waals surface area contributed by atoms with Crippen LogP contribution in [0.1, 0.15) is 16.1 Å². The number of aromatic nitrogens is 6. The molecule has 0 radical (unpaired) electrons. The zero-order chi connectivity index (χ0) is 23.7. The fraction of sp³-hybridized carbons (Fsp3) is 0.0455. The number of nitro groups is 1. The normalized spacial score (nSPS) is 11.0. The van der Waals surface area contributed by atoms with E-state index in [-0.39, 0.29) is 29.5 Å². The molecule has 0 saturated heterocycles. The summed E-state index contributed by atoms with van der Waals surface area (Å²) in [4.78, 5) is 32.1. The molecule has 0 saturated carbocycles. The fourth-order valence-corrected chi connectivity index (χ4v) is 3.41. The van der Waals surface area contributed by atoms with E-state index in [1.165, 1.54) is 52.1 Å². The van der Waals surface area contributed by atoms with Crippen LogP contribution in [0.5, 0.6) is 0 Å². The van der Waals surface area contributed by atoms with Crippen LogP contribution in [-0.2, 0) is 6.54 Å². The third-order valence-electron chi connectivity index (χ3n) is 5.02. The number of benzene rings is 2. The van der Waals surface area contributed by atoms with Crippen LogP contribution in [0, 0.1) is 15.9 Å². The number of halogens is 1. The predicted molar refractivity (Wildman–Crippen MR) is 119 cm³/mol. The van der Waals surface area contributed by atoms with Crippen LogP contribution in [0.25, 0.3) is 17.0 Å². The minimum atomic E-state index is -0.518. The van der Waals surface area contributed by atoms with E-state index < -0.39 is 10.8 Å². The molecule has 1 N–H and O–H groups in total. The van der Waals surface area contributed by atoms with Gasteiger partial charge in [-0.3, -0.25) is 19.6 Å². The number of rotatable bonds is 6. The number of carbonyl (C=O) groups is 1. The van der Waals surface area contributed by atoms with Crippen molar-refractivity contribution in [2.75, 3.05) is 5.32 Å². The van der Waals surface area contributed by atoms with Gasteiger partial charge in [0.05, 0.1) is 29.0 Å². The average Bonchev–Trinajstić information content (AvgIpc) is 3.49. The van der Waals surface area contributed by atoms with Crippen molar-refractivity contribution in [3.8, 4) is 11.3 Å². The molecule has 0 aliphatic rings. The van der Waals surface area contributed by atoms with Crippen molar-refractivity contribution in [3.63, 3.8) is 0 Å². The number of nitrogens with zero attached hydrogens (tertiary/aromatic N) is 7. The first-order valence-corrected chi connectivity index (χ1v) is 10.0. The van der Waals surface area contributed by atoms with Crippen LogP contribution in [0.3, 0.4) is 0 Å². The second kappa shape index (κ2) is 8.50. The highest BCUT2D eigenvalue weighted by Crippen LogP contribution is 2.24. The van der Waals surface area contributed by atoms with Crippen LogP contribution in [-0.4, -0.2) is 40.2 Å². The molecule has 1 amide bonds. The Kier molecular flexibility index (Phi) is 5.22. The molecule has 34 heavy (non-hydrogen) atoms. The molecule has 11 nitrogen and oxygen atoms in total. The molecule has 0 spiro atoms. The highest BCUT2D eigenvalue weighted by molar-refractivity contribution is 6.03. The number of anilines is 1. The van der Waals surface area contributed by atoms with Crippen LogP contribution >= 0.6 is 0 Å². The molecule has 12 heteroatoms. The van der Waals surface area contributed by atoms with Gasteiger partial charge < -0.3 is 5.32 Å². The van der Waals surface area contributed by atoms with Gasteiger partial charge in [-0.2, -0.15) is 19.7 Å². The highest BCUT2D eigenvalue weighted by atomic mass is 19.1. The van der Waals surface area contributed by atoms with Crippen molar-refractivity contribution in [3.05, 3.63) is 101 Å². The summed E-state index contributed by atoms with van der Waals surface area (Å²) in [6, 6.07) is 13.8. The lowest BCUT2D eigenvalue weighted by atomic mass is 10.1. The lowest BCUT2D eigenvalue weighted by molar-refractivity contribution is -0.384. The smallest absolute Gasteiger partial charge is 0.274 e. The summed E-state index contributed by atoms with van der Waals surface area (Å²) in [5.41, 5.74) is 1.64. The van der Waals surface area contributed by atoms with E-state index in [9.17, 15) is 19.3 Å². The minimum absolute atomic E-state index is 0.103. The quantitative estimate of drug-likeness (QED) is 0.305. The Morgan fingerprint density at radius 1 is 1.12 bits per heavy atom. The van der Waals surface area contributed by atoms with Gasteiger partial charge >= 0.3 is 0 Å². The first kappa shape index (κ1) is 20.9. The summed E-state index contributed by atoms with van der Waals surface area (Å²) >= 11 is 0. The van der Waals surface area contributed by atoms with Crippen LogP contribution in [0.15, 0.2) is 73.3 Å². The van der Waals surface area contributed by atoms with Gasteiger partial charge in [-0.1, -0.05) is 30.3 Å². The molecule has 0 aliphatic carbocycles. The Labute approximate surface area is 190 Å². The number of hydrogen-bond acceptors (Lipinski definition) is 7. The molecule has 5 aromatic rings. The van der Waals surface area contributed by atoms with Gasteiger partial charge in [0.1, 0.15) is 17.8 Å². The molecule has 0 aliphatic heterocycles. The van der Waals surface area contributed by atoms with Crippen molar-refractivity contribution < 1.29 is 14.1 Å². The van der Waals surface area contributed by atoms with E-state index in [0.717, 1.165) is 0 Å². The van der Waals surface area contributed by atoms with E-state index in [1.807, 2.05) is 0 Å². The lowest BCUT2D eigenvalue weighted by Crippen LogP contribution is -2.17. The highest BCUT2D eigenvalue weighted by Gasteiger charge is 2.18. The topological polar surface area (TPSA) is 133 Å². The molecule has 168 valence electrons. The third-order valence-corrected chi connectivity index (χ3v) is 5.02. The van der Waals surface area contributed by atoms with Crippen molar-refractivity contribution in [1.29, 1.82) is 0 Å². The van der Waals surface area contributed by atoms with Crippen molar-refractivity contribution in [2.45, 2.75) is 6.54 Å². The summed E-state index contributed by atoms with van der Waals surface area (Å²) < 4.78 is 16.7. The van der Waals surface area contributed by atoms with Crippen molar-refractivity contribution >= 4 is 23.1 Å². The number of nitro benzene ring substituents is 1. The number of nitrogens with one attached hydrogen (secondary N) is 1. The third kappa shape index (κ3) is 4.07. The first-order valence-electron chi connectivity index (χ1n) is 10.0. The number of amides is 1. The van der Waals surface area contributed by atoms with Crippen molar-refractivity contribution in [1.82, 2.24) is 29.4 Å². The van der Waals surface area contributed by atoms with E-state index >= 15 is 0 Å². The summed E-state index contributed by atoms with van der Waals surface area (Å²) in [6.07, 6.45) is 4.27. The lowest BCUT2D eigenvalue weighted by Gasteiger charge is -2.08. The molecular weight excluding hydrogens is 443 g/mol. The average molecular weight is 458 g/mol. The second-order valence-electron chi connectivity index (χ2n) is 7.28. The number of fused-ring (bicyclic) bond motifs is 1. The monoisotopic (exact) mass is 458 g/mol. The predicted octanol–water partition coefficient (Wildman–Crippen LogP) is 3.34. The van der Waals surface area contributed by atoms with E-state index in [0.29, 0.717) is 22.5 Å². The van der Waals surface area contributed by atoms with Gasteiger partial charge in [0.2, 0.25) is 0 Å². The molecule has 0 unspecified atom stereocenters. The van der Waals surface area contributed by atoms with Crippen molar-refractivity contribution in [2.24, 2.45) is 0 Å². The summed E-state index contributed by atoms with van der Waals surface area (Å²) in [6.45, 7) is 0.196. The Bertz CT molecular complexity index is 1540. The molecule has 3 aromatic heterocycles. The molecule has 5 rings (SSSR count). The van der Waals surface area contributed by atoms with Crippen LogP contribution < -0.4 is 5.32 Å². The van der Waals surface area contributed by atoms with Gasteiger partial charge in [-0.15, -0.1) is 0 Å². The molecule has 0 fully saturated rings.